The fraction of sp³-hybridized carbons (Fsp3) is 0.476. The molecule has 0 bridgehead atoms. The zero-order valence-electron chi connectivity index (χ0n) is 15.8. The first-order valence-electron chi connectivity index (χ1n) is 9.46. The van der Waals surface area contributed by atoms with Gasteiger partial charge < -0.3 is 19.3 Å². The lowest BCUT2D eigenvalue weighted by molar-refractivity contribution is -0.146. The highest BCUT2D eigenvalue weighted by molar-refractivity contribution is 5.81. The van der Waals surface area contributed by atoms with Crippen molar-refractivity contribution in [3.05, 3.63) is 36.9 Å². The number of hydrogen-bond acceptors (Lipinski definition) is 6. The predicted molar refractivity (Wildman–Crippen MR) is 101 cm³/mol. The van der Waals surface area contributed by atoms with Gasteiger partial charge in [0.15, 0.2) is 0 Å². The van der Waals surface area contributed by atoms with Crippen LogP contribution in [0.1, 0.15) is 38.5 Å². The minimum absolute atomic E-state index is 0.248. The second kappa shape index (κ2) is 11.1. The molecule has 28 heavy (non-hydrogen) atoms. The van der Waals surface area contributed by atoms with E-state index in [1.165, 1.54) is 0 Å². The lowest BCUT2D eigenvalue weighted by atomic mass is 9.82. The zero-order valence-corrected chi connectivity index (χ0v) is 15.8. The van der Waals surface area contributed by atoms with E-state index >= 15 is 0 Å². The van der Waals surface area contributed by atoms with E-state index in [1.54, 1.807) is 24.3 Å². The Hall–Kier alpha value is -2.83. The van der Waals surface area contributed by atoms with Crippen LogP contribution >= 0.6 is 0 Å². The van der Waals surface area contributed by atoms with Gasteiger partial charge in [0, 0.05) is 6.08 Å². The number of esters is 2. The first kappa shape index (κ1) is 21.5. The highest BCUT2D eigenvalue weighted by Crippen LogP contribution is 2.30. The van der Waals surface area contributed by atoms with Crippen LogP contribution in [0.25, 0.3) is 0 Å². The van der Waals surface area contributed by atoms with E-state index in [0.29, 0.717) is 56.8 Å². The number of rotatable bonds is 10. The summed E-state index contributed by atoms with van der Waals surface area (Å²) in [5.74, 6) is -1.04. The Morgan fingerprint density at radius 3 is 2.14 bits per heavy atom. The van der Waals surface area contributed by atoms with Crippen molar-refractivity contribution in [3.8, 4) is 11.5 Å². The van der Waals surface area contributed by atoms with Gasteiger partial charge in [-0.15, -0.1) is 0 Å². The van der Waals surface area contributed by atoms with Gasteiger partial charge in [-0.2, -0.15) is 0 Å². The molecule has 0 atom stereocenters. The van der Waals surface area contributed by atoms with Crippen LogP contribution in [-0.4, -0.2) is 36.2 Å². The topological polar surface area (TPSA) is 99.1 Å². The monoisotopic (exact) mass is 390 g/mol. The molecule has 1 aliphatic carbocycles. The second-order valence-electron chi connectivity index (χ2n) is 6.71. The minimum Gasteiger partial charge on any atom is -0.494 e. The van der Waals surface area contributed by atoms with Crippen molar-refractivity contribution in [2.75, 3.05) is 13.2 Å². The molecule has 0 amide bonds. The van der Waals surface area contributed by atoms with E-state index in [9.17, 15) is 14.4 Å². The predicted octanol–water partition coefficient (Wildman–Crippen LogP) is 3.37. The molecule has 0 saturated heterocycles. The van der Waals surface area contributed by atoms with Crippen molar-refractivity contribution in [1.82, 2.24) is 0 Å². The number of unbranched alkanes of at least 4 members (excludes halogenated alkanes) is 1. The average Bonchev–Trinajstić information content (AvgIpc) is 2.71. The summed E-state index contributed by atoms with van der Waals surface area (Å²) in [5, 5.41) is 9.01. The van der Waals surface area contributed by atoms with Gasteiger partial charge >= 0.3 is 17.9 Å². The summed E-state index contributed by atoms with van der Waals surface area (Å²) in [7, 11) is 0. The standard InChI is InChI=1S/C21H26O7/c1-2-19(22)27-14-4-3-13-26-17-9-11-18(12-10-17)28-21(25)16-7-5-15(6-8-16)20(23)24/h2,9-12,15-16H,1,3-8,13-14H2,(H,23,24). The number of ether oxygens (including phenoxy) is 3. The SMILES string of the molecule is C=CC(=O)OCCCCOc1ccc(OC(=O)C2CCC(C(=O)O)CC2)cc1. The molecule has 7 nitrogen and oxygen atoms in total. The largest absolute Gasteiger partial charge is 0.494 e. The molecule has 152 valence electrons. The average molecular weight is 390 g/mol. The summed E-state index contributed by atoms with van der Waals surface area (Å²) in [4.78, 5) is 34.1. The van der Waals surface area contributed by atoms with Crippen LogP contribution in [0, 0.1) is 11.8 Å². The van der Waals surface area contributed by atoms with Gasteiger partial charge in [-0.25, -0.2) is 4.79 Å². The number of carbonyl (C=O) groups excluding carboxylic acids is 2. The van der Waals surface area contributed by atoms with E-state index in [0.717, 1.165) is 12.5 Å². The normalized spacial score (nSPS) is 18.7. The van der Waals surface area contributed by atoms with E-state index in [1.807, 2.05) is 0 Å². The van der Waals surface area contributed by atoms with Crippen LogP contribution in [-0.2, 0) is 19.1 Å². The van der Waals surface area contributed by atoms with Crippen LogP contribution in [0.4, 0.5) is 0 Å². The van der Waals surface area contributed by atoms with Crippen molar-refractivity contribution in [1.29, 1.82) is 0 Å². The van der Waals surface area contributed by atoms with Crippen molar-refractivity contribution in [3.63, 3.8) is 0 Å². The van der Waals surface area contributed by atoms with Crippen LogP contribution in [0.15, 0.2) is 36.9 Å². The smallest absolute Gasteiger partial charge is 0.330 e. The second-order valence-corrected chi connectivity index (χ2v) is 6.71. The molecule has 0 heterocycles. The van der Waals surface area contributed by atoms with Crippen LogP contribution in [0.3, 0.4) is 0 Å². The summed E-state index contributed by atoms with van der Waals surface area (Å²) in [6, 6.07) is 6.79. The first-order valence-corrected chi connectivity index (χ1v) is 9.46. The van der Waals surface area contributed by atoms with Gasteiger partial charge in [0.1, 0.15) is 11.5 Å². The van der Waals surface area contributed by atoms with Gasteiger partial charge in [-0.3, -0.25) is 9.59 Å². The molecular weight excluding hydrogens is 364 g/mol. The third kappa shape index (κ3) is 7.06. The Labute approximate surface area is 164 Å². The number of carboxylic acids is 1. The van der Waals surface area contributed by atoms with E-state index in [2.05, 4.69) is 6.58 Å². The Morgan fingerprint density at radius 1 is 0.964 bits per heavy atom. The van der Waals surface area contributed by atoms with Crippen molar-refractivity contribution in [2.45, 2.75) is 38.5 Å². The summed E-state index contributed by atoms with van der Waals surface area (Å²) < 4.78 is 15.9. The van der Waals surface area contributed by atoms with Gasteiger partial charge in [0.05, 0.1) is 25.0 Å². The van der Waals surface area contributed by atoms with Crippen LogP contribution in [0.2, 0.25) is 0 Å². The van der Waals surface area contributed by atoms with Gasteiger partial charge in [-0.1, -0.05) is 6.58 Å². The maximum atomic E-state index is 12.2. The number of hydrogen-bond donors (Lipinski definition) is 1. The molecule has 1 aromatic rings. The maximum absolute atomic E-state index is 12.2. The lowest BCUT2D eigenvalue weighted by Crippen LogP contribution is -2.28. The van der Waals surface area contributed by atoms with Crippen molar-refractivity contribution >= 4 is 17.9 Å². The van der Waals surface area contributed by atoms with Gasteiger partial charge in [-0.05, 0) is 62.8 Å². The Kier molecular flexibility index (Phi) is 8.52. The molecule has 1 N–H and O–H groups in total. The Morgan fingerprint density at radius 2 is 1.54 bits per heavy atom. The number of carboxylic acid groups (broad SMARTS) is 1. The van der Waals surface area contributed by atoms with Crippen LogP contribution in [0.5, 0.6) is 11.5 Å². The molecule has 0 spiro atoms. The molecule has 0 aromatic heterocycles. The molecular formula is C21H26O7. The Bertz CT molecular complexity index is 672. The molecule has 7 heteroatoms. The third-order valence-electron chi connectivity index (χ3n) is 4.67. The first-order chi connectivity index (χ1) is 13.5. The molecule has 1 fully saturated rings. The Balaban J connectivity index is 1.66. The lowest BCUT2D eigenvalue weighted by Gasteiger charge is -2.24. The fourth-order valence-corrected chi connectivity index (χ4v) is 3.01. The third-order valence-corrected chi connectivity index (χ3v) is 4.67. The number of carbonyl (C=O) groups is 3. The highest BCUT2D eigenvalue weighted by Gasteiger charge is 2.30. The quantitative estimate of drug-likeness (QED) is 0.283. The van der Waals surface area contributed by atoms with Gasteiger partial charge in [0.2, 0.25) is 0 Å². The summed E-state index contributed by atoms with van der Waals surface area (Å²) in [5.41, 5.74) is 0. The summed E-state index contributed by atoms with van der Waals surface area (Å²) in [6.45, 7) is 4.14. The molecule has 0 unspecified atom stereocenters. The summed E-state index contributed by atoms with van der Waals surface area (Å²) >= 11 is 0. The van der Waals surface area contributed by atoms with Gasteiger partial charge in [0.25, 0.3) is 0 Å². The van der Waals surface area contributed by atoms with E-state index < -0.39 is 11.9 Å². The van der Waals surface area contributed by atoms with E-state index in [-0.39, 0.29) is 17.8 Å². The summed E-state index contributed by atoms with van der Waals surface area (Å²) in [6.07, 6.45) is 4.66. The minimum atomic E-state index is -0.791. The molecule has 0 radical (unpaired) electrons. The van der Waals surface area contributed by atoms with E-state index in [4.69, 9.17) is 19.3 Å². The van der Waals surface area contributed by atoms with Crippen LogP contribution < -0.4 is 9.47 Å². The fourth-order valence-electron chi connectivity index (χ4n) is 3.01. The van der Waals surface area contributed by atoms with Crippen molar-refractivity contribution in [2.24, 2.45) is 11.8 Å². The van der Waals surface area contributed by atoms with Crippen molar-refractivity contribution < 1.29 is 33.7 Å². The number of benzene rings is 1. The molecule has 1 saturated carbocycles. The molecule has 0 aliphatic heterocycles. The molecule has 1 aliphatic rings. The molecule has 2 rings (SSSR count). The molecule has 1 aromatic carbocycles. The number of aliphatic carboxylic acids is 1. The zero-order chi connectivity index (χ0) is 20.4. The highest BCUT2D eigenvalue weighted by atomic mass is 16.5. The maximum Gasteiger partial charge on any atom is 0.330 e.